The van der Waals surface area contributed by atoms with E-state index in [0.29, 0.717) is 32.3 Å². The summed E-state index contributed by atoms with van der Waals surface area (Å²) < 4.78 is 54.0. The van der Waals surface area contributed by atoms with Crippen molar-refractivity contribution in [3.05, 3.63) is 35.9 Å². The van der Waals surface area contributed by atoms with E-state index in [1.165, 1.54) is 64.5 Å². The number of hydrogen-bond acceptors (Lipinski definition) is 11. The Kier molecular flexibility index (Phi) is 24.9. The van der Waals surface area contributed by atoms with Gasteiger partial charge >= 0.3 is 0 Å². The van der Waals surface area contributed by atoms with Gasteiger partial charge in [-0.1, -0.05) is 102 Å². The van der Waals surface area contributed by atoms with Gasteiger partial charge in [0.2, 0.25) is 14.7 Å². The molecule has 10 atom stereocenters. The van der Waals surface area contributed by atoms with Gasteiger partial charge in [0.1, 0.15) is 24.9 Å². The number of aliphatic hydroxyl groups is 2. The summed E-state index contributed by atoms with van der Waals surface area (Å²) in [7, 11) is -5.58. The van der Waals surface area contributed by atoms with Crippen molar-refractivity contribution in [2.45, 2.75) is 162 Å². The van der Waals surface area contributed by atoms with Crippen LogP contribution in [-0.2, 0) is 39.0 Å². The van der Waals surface area contributed by atoms with Crippen LogP contribution in [0.2, 0.25) is 0 Å². The monoisotopic (exact) mass is 819 g/mol. The Morgan fingerprint density at radius 3 is 1.62 bits per heavy atom. The van der Waals surface area contributed by atoms with E-state index in [1.807, 2.05) is 32.0 Å². The second kappa shape index (κ2) is 27.2. The first kappa shape index (κ1) is 50.5. The lowest BCUT2D eigenvalue weighted by molar-refractivity contribution is -0.151. The molecule has 3 rings (SSSR count). The van der Waals surface area contributed by atoms with E-state index in [2.05, 4.69) is 49.6 Å². The van der Waals surface area contributed by atoms with Crippen molar-refractivity contribution in [2.24, 2.45) is 5.92 Å². The van der Waals surface area contributed by atoms with Gasteiger partial charge in [0.15, 0.2) is 0 Å². The van der Waals surface area contributed by atoms with Crippen LogP contribution < -0.4 is 0 Å². The summed E-state index contributed by atoms with van der Waals surface area (Å²) in [6, 6.07) is 10.5. The smallest absolute Gasteiger partial charge is 0.225 e. The van der Waals surface area contributed by atoms with Gasteiger partial charge < -0.3 is 33.5 Å². The van der Waals surface area contributed by atoms with Gasteiger partial charge in [-0.2, -0.15) is 0 Å². The highest BCUT2D eigenvalue weighted by Gasteiger charge is 2.43. The molecule has 2 unspecified atom stereocenters. The SMILES string of the molecule is CCCCCCCN1C[C@H](C)[C@@H](OCc2ccccc2)[C@@H](OCP(C)(=O)OCC)[C@H]1C.CCCCCCCN1C[C@H](O)[C@@H](O)[C@@H](OCP(C)(=O)OCC)[C@H]1C. The molecular formula is C42H80N2O9P2. The number of likely N-dealkylation sites (tertiary alicyclic amines) is 2. The number of hydrogen-bond donors (Lipinski definition) is 2. The lowest BCUT2D eigenvalue weighted by Gasteiger charge is -2.47. The molecular weight excluding hydrogens is 738 g/mol. The zero-order valence-corrected chi connectivity index (χ0v) is 37.8. The van der Waals surface area contributed by atoms with Crippen LogP contribution in [0.15, 0.2) is 30.3 Å². The standard InChI is InChI=1S/C25H44NO4P.C17H36NO5P/c1-6-8-9-10-14-17-26-18-21(3)24(28-19-23-15-12-11-13-16-23)25(22(26)4)29-20-31(5,27)30-7-2;1-5-7-8-9-10-11-18-12-15(19)16(20)17(14(18)3)22-13-24(4,21)23-6-2/h11-13,15-16,21-22,24-25H,6-10,14,17-20H2,1-5H3;14-17,19-20H,5-13H2,1-4H3/t21-,22+,24+,25-,31?;14-,15+,16-,17+,24?/m01/s1. The van der Waals surface area contributed by atoms with Gasteiger partial charge in [-0.25, -0.2) is 0 Å². The minimum Gasteiger partial charge on any atom is -0.389 e. The molecule has 2 saturated heterocycles. The number of aliphatic hydroxyl groups excluding tert-OH is 2. The van der Waals surface area contributed by atoms with Crippen molar-refractivity contribution < 1.29 is 42.6 Å². The van der Waals surface area contributed by atoms with Gasteiger partial charge in [0.25, 0.3) is 0 Å². The van der Waals surface area contributed by atoms with Crippen molar-refractivity contribution >= 4 is 14.7 Å². The summed E-state index contributed by atoms with van der Waals surface area (Å²) >= 11 is 0. The number of ether oxygens (including phenoxy) is 3. The van der Waals surface area contributed by atoms with Crippen LogP contribution in [-0.4, -0.2) is 128 Å². The fourth-order valence-corrected chi connectivity index (χ4v) is 9.79. The summed E-state index contributed by atoms with van der Waals surface area (Å²) in [6.45, 7) is 22.6. The first-order valence-electron chi connectivity index (χ1n) is 21.3. The van der Waals surface area contributed by atoms with Crippen molar-refractivity contribution in [1.29, 1.82) is 0 Å². The predicted octanol–water partition coefficient (Wildman–Crippen LogP) is 8.84. The van der Waals surface area contributed by atoms with Crippen molar-refractivity contribution in [3.8, 4) is 0 Å². The fraction of sp³-hybridized carbons (Fsp3) is 0.857. The maximum Gasteiger partial charge on any atom is 0.225 e. The Bertz CT molecular complexity index is 1230. The van der Waals surface area contributed by atoms with Crippen LogP contribution in [0.1, 0.15) is 118 Å². The minimum absolute atomic E-state index is 0.0313. The Morgan fingerprint density at radius 1 is 0.636 bits per heavy atom. The van der Waals surface area contributed by atoms with Gasteiger partial charge in [0, 0.05) is 38.5 Å². The third-order valence-electron chi connectivity index (χ3n) is 10.9. The number of rotatable bonds is 25. The second-order valence-electron chi connectivity index (χ2n) is 16.0. The molecule has 1 aromatic rings. The molecule has 0 aromatic heterocycles. The second-order valence-corrected chi connectivity index (χ2v) is 21.1. The van der Waals surface area contributed by atoms with Crippen LogP contribution in [0.5, 0.6) is 0 Å². The van der Waals surface area contributed by atoms with Gasteiger partial charge in [-0.15, -0.1) is 0 Å². The largest absolute Gasteiger partial charge is 0.389 e. The number of piperidine rings is 2. The van der Waals surface area contributed by atoms with E-state index in [9.17, 15) is 19.3 Å². The molecule has 13 heteroatoms. The lowest BCUT2D eigenvalue weighted by Crippen LogP contribution is -2.61. The maximum atomic E-state index is 12.7. The number of benzene rings is 1. The van der Waals surface area contributed by atoms with Crippen LogP contribution in [0.25, 0.3) is 0 Å². The molecule has 0 spiro atoms. The van der Waals surface area contributed by atoms with E-state index < -0.39 is 33.0 Å². The van der Waals surface area contributed by atoms with Crippen molar-refractivity contribution in [1.82, 2.24) is 9.80 Å². The molecule has 322 valence electrons. The molecule has 55 heavy (non-hydrogen) atoms. The quantitative estimate of drug-likeness (QED) is 0.0726. The summed E-state index contributed by atoms with van der Waals surface area (Å²) in [5.74, 6) is 0.337. The summed E-state index contributed by atoms with van der Waals surface area (Å²) in [5.41, 5.74) is 1.16. The number of nitrogens with zero attached hydrogens (tertiary/aromatic N) is 2. The molecule has 0 amide bonds. The third-order valence-corrected chi connectivity index (χ3v) is 13.7. The molecule has 0 saturated carbocycles. The van der Waals surface area contributed by atoms with Crippen molar-refractivity contribution in [3.63, 3.8) is 0 Å². The molecule has 2 aliphatic heterocycles. The molecule has 11 nitrogen and oxygen atoms in total. The topological polar surface area (TPSA) is 127 Å². The summed E-state index contributed by atoms with van der Waals surface area (Å²) in [6.07, 6.45) is 9.92. The zero-order chi connectivity index (χ0) is 40.9. The normalized spacial score (nSPS) is 28.6. The highest BCUT2D eigenvalue weighted by atomic mass is 31.2. The molecule has 0 bridgehead atoms. The first-order valence-corrected chi connectivity index (χ1v) is 25.9. The first-order chi connectivity index (χ1) is 26.2. The van der Waals surface area contributed by atoms with Gasteiger partial charge in [-0.3, -0.25) is 18.9 Å². The molecule has 1 aromatic carbocycles. The maximum absolute atomic E-state index is 12.7. The number of β-amino-alcohol motifs (C(OH)–C–C–N with tert-alkyl or cyclic N) is 1. The van der Waals surface area contributed by atoms with E-state index in [-0.39, 0.29) is 37.0 Å². The summed E-state index contributed by atoms with van der Waals surface area (Å²) in [5, 5.41) is 20.4. The average Bonchev–Trinajstić information content (AvgIpc) is 3.14. The molecule has 0 radical (unpaired) electrons. The molecule has 2 heterocycles. The predicted molar refractivity (Wildman–Crippen MR) is 226 cm³/mol. The Hall–Kier alpha value is -0.680. The Labute approximate surface area is 335 Å². The van der Waals surface area contributed by atoms with Gasteiger partial charge in [-0.05, 0) is 65.1 Å². The summed E-state index contributed by atoms with van der Waals surface area (Å²) in [4.78, 5) is 4.69. The third kappa shape index (κ3) is 18.8. The molecule has 0 aliphatic carbocycles. The van der Waals surface area contributed by atoms with Crippen LogP contribution in [0.3, 0.4) is 0 Å². The number of unbranched alkanes of at least 4 members (excludes halogenated alkanes) is 8. The zero-order valence-electron chi connectivity index (χ0n) is 36.0. The lowest BCUT2D eigenvalue weighted by atomic mass is 9.88. The molecule has 2 fully saturated rings. The minimum atomic E-state index is -2.82. The van der Waals surface area contributed by atoms with Crippen LogP contribution in [0, 0.1) is 5.92 Å². The van der Waals surface area contributed by atoms with Gasteiger partial charge in [0.05, 0.1) is 38.1 Å². The highest BCUT2D eigenvalue weighted by Crippen LogP contribution is 2.44. The fourth-order valence-electron chi connectivity index (χ4n) is 7.66. The van der Waals surface area contributed by atoms with Crippen molar-refractivity contribution in [2.75, 3.05) is 65.4 Å². The van der Waals surface area contributed by atoms with E-state index in [4.69, 9.17) is 23.3 Å². The van der Waals surface area contributed by atoms with E-state index in [0.717, 1.165) is 31.6 Å². The molecule has 2 aliphatic rings. The Balaban J connectivity index is 0.000000393. The van der Waals surface area contributed by atoms with Crippen LogP contribution in [0.4, 0.5) is 0 Å². The molecule has 2 N–H and O–H groups in total. The van der Waals surface area contributed by atoms with Crippen LogP contribution >= 0.6 is 14.7 Å². The van der Waals surface area contributed by atoms with E-state index in [1.54, 1.807) is 13.6 Å². The van der Waals surface area contributed by atoms with E-state index >= 15 is 0 Å². The highest BCUT2D eigenvalue weighted by molar-refractivity contribution is 7.58. The Morgan fingerprint density at radius 2 is 1.11 bits per heavy atom. The average molecular weight is 819 g/mol.